The first kappa shape index (κ1) is 17.5. The molecule has 0 bridgehead atoms. The summed E-state index contributed by atoms with van der Waals surface area (Å²) in [6, 6.07) is 10.3. The van der Waals surface area contributed by atoms with Crippen LogP contribution in [0.1, 0.15) is 38.7 Å². The highest BCUT2D eigenvalue weighted by Gasteiger charge is 2.33. The molecular formula is C19H27NO3. The van der Waals surface area contributed by atoms with Crippen molar-refractivity contribution in [1.82, 2.24) is 5.32 Å². The molecule has 1 aromatic carbocycles. The van der Waals surface area contributed by atoms with Gasteiger partial charge < -0.3 is 10.4 Å². The van der Waals surface area contributed by atoms with Gasteiger partial charge in [0.2, 0.25) is 5.91 Å². The molecule has 1 amide bonds. The molecule has 1 unspecified atom stereocenters. The second kappa shape index (κ2) is 8.14. The maximum atomic E-state index is 12.3. The third kappa shape index (κ3) is 5.08. The Morgan fingerprint density at radius 2 is 1.83 bits per heavy atom. The Labute approximate surface area is 138 Å². The minimum atomic E-state index is -0.774. The van der Waals surface area contributed by atoms with Crippen molar-refractivity contribution in [3.8, 4) is 0 Å². The smallest absolute Gasteiger partial charge is 0.306 e. The van der Waals surface area contributed by atoms with Crippen LogP contribution in [-0.4, -0.2) is 23.5 Å². The Morgan fingerprint density at radius 1 is 1.17 bits per heavy atom. The minimum Gasteiger partial charge on any atom is -0.481 e. The molecular weight excluding hydrogens is 290 g/mol. The average molecular weight is 317 g/mol. The summed E-state index contributed by atoms with van der Waals surface area (Å²) < 4.78 is 0. The van der Waals surface area contributed by atoms with Crippen molar-refractivity contribution in [1.29, 1.82) is 0 Å². The van der Waals surface area contributed by atoms with E-state index in [1.807, 2.05) is 18.2 Å². The second-order valence-electron chi connectivity index (χ2n) is 6.98. The summed E-state index contributed by atoms with van der Waals surface area (Å²) in [5.74, 6) is -0.377. The summed E-state index contributed by atoms with van der Waals surface area (Å²) in [4.78, 5) is 23.3. The molecule has 0 aliphatic heterocycles. The van der Waals surface area contributed by atoms with Gasteiger partial charge in [0, 0.05) is 12.5 Å². The Morgan fingerprint density at radius 3 is 2.39 bits per heavy atom. The molecule has 0 heterocycles. The molecule has 4 nitrogen and oxygen atoms in total. The van der Waals surface area contributed by atoms with Gasteiger partial charge in [0.05, 0.1) is 5.92 Å². The van der Waals surface area contributed by atoms with Crippen LogP contribution in [0.15, 0.2) is 30.3 Å². The van der Waals surface area contributed by atoms with E-state index in [4.69, 9.17) is 5.11 Å². The molecule has 0 spiro atoms. The first-order valence-corrected chi connectivity index (χ1v) is 8.51. The predicted octanol–water partition coefficient (Wildman–Crippen LogP) is 3.12. The maximum absolute atomic E-state index is 12.3. The fourth-order valence-corrected chi connectivity index (χ4v) is 3.28. The van der Waals surface area contributed by atoms with Crippen LogP contribution in [0.4, 0.5) is 0 Å². The second-order valence-corrected chi connectivity index (χ2v) is 6.98. The number of carboxylic acids is 1. The monoisotopic (exact) mass is 317 g/mol. The van der Waals surface area contributed by atoms with E-state index in [1.54, 1.807) is 0 Å². The van der Waals surface area contributed by atoms with Gasteiger partial charge in [-0.15, -0.1) is 0 Å². The van der Waals surface area contributed by atoms with Crippen LogP contribution < -0.4 is 5.32 Å². The van der Waals surface area contributed by atoms with Gasteiger partial charge in [-0.05, 0) is 43.1 Å². The SMILES string of the molecule is CC(C)C(CNC(=O)[C@@H]1CC[C@H](C(=O)O)C1)Cc1ccccc1. The standard InChI is InChI=1S/C19H27NO3/c1-13(2)17(10-14-6-4-3-5-7-14)12-20-18(21)15-8-9-16(11-15)19(22)23/h3-7,13,15-17H,8-12H2,1-2H3,(H,20,21)(H,22,23)/t15-,16+,17?/m1/s1. The molecule has 2 rings (SSSR count). The van der Waals surface area contributed by atoms with Gasteiger partial charge in [0.15, 0.2) is 0 Å². The fraction of sp³-hybridized carbons (Fsp3) is 0.579. The Bertz CT molecular complexity index is 527. The van der Waals surface area contributed by atoms with E-state index < -0.39 is 5.97 Å². The third-order valence-corrected chi connectivity index (χ3v) is 4.97. The maximum Gasteiger partial charge on any atom is 0.306 e. The Hall–Kier alpha value is -1.84. The van der Waals surface area contributed by atoms with Gasteiger partial charge in [0.1, 0.15) is 0 Å². The van der Waals surface area contributed by atoms with E-state index in [9.17, 15) is 9.59 Å². The van der Waals surface area contributed by atoms with Gasteiger partial charge in [-0.3, -0.25) is 9.59 Å². The summed E-state index contributed by atoms with van der Waals surface area (Å²) in [5.41, 5.74) is 1.28. The lowest BCUT2D eigenvalue weighted by Crippen LogP contribution is -2.36. The molecule has 126 valence electrons. The van der Waals surface area contributed by atoms with Crippen LogP contribution in [0.25, 0.3) is 0 Å². The zero-order valence-corrected chi connectivity index (χ0v) is 14.0. The van der Waals surface area contributed by atoms with Gasteiger partial charge in [-0.1, -0.05) is 44.2 Å². The van der Waals surface area contributed by atoms with Crippen molar-refractivity contribution >= 4 is 11.9 Å². The molecule has 1 fully saturated rings. The lowest BCUT2D eigenvalue weighted by Gasteiger charge is -2.22. The molecule has 4 heteroatoms. The summed E-state index contributed by atoms with van der Waals surface area (Å²) in [6.07, 6.45) is 2.73. The number of hydrogen-bond donors (Lipinski definition) is 2. The van der Waals surface area contributed by atoms with Crippen molar-refractivity contribution in [2.75, 3.05) is 6.54 Å². The number of hydrogen-bond acceptors (Lipinski definition) is 2. The van der Waals surface area contributed by atoms with Crippen molar-refractivity contribution in [2.45, 2.75) is 39.5 Å². The molecule has 1 saturated carbocycles. The molecule has 1 aromatic rings. The van der Waals surface area contributed by atoms with Crippen LogP contribution in [0.3, 0.4) is 0 Å². The number of benzene rings is 1. The summed E-state index contributed by atoms with van der Waals surface area (Å²) in [7, 11) is 0. The largest absolute Gasteiger partial charge is 0.481 e. The van der Waals surface area contributed by atoms with E-state index >= 15 is 0 Å². The predicted molar refractivity (Wildman–Crippen MR) is 90.0 cm³/mol. The van der Waals surface area contributed by atoms with Crippen molar-refractivity contribution in [3.05, 3.63) is 35.9 Å². The first-order chi connectivity index (χ1) is 11.0. The number of carboxylic acid groups (broad SMARTS) is 1. The number of carbonyl (C=O) groups excluding carboxylic acids is 1. The van der Waals surface area contributed by atoms with E-state index in [0.29, 0.717) is 37.6 Å². The first-order valence-electron chi connectivity index (χ1n) is 8.51. The molecule has 1 aliphatic carbocycles. The molecule has 23 heavy (non-hydrogen) atoms. The Kier molecular flexibility index (Phi) is 6.20. The molecule has 0 radical (unpaired) electrons. The van der Waals surface area contributed by atoms with Crippen LogP contribution in [0.2, 0.25) is 0 Å². The average Bonchev–Trinajstić information content (AvgIpc) is 3.02. The summed E-state index contributed by atoms with van der Waals surface area (Å²) in [5, 5.41) is 12.1. The van der Waals surface area contributed by atoms with Gasteiger partial charge in [0.25, 0.3) is 0 Å². The zero-order valence-electron chi connectivity index (χ0n) is 14.0. The number of rotatable bonds is 7. The number of nitrogens with one attached hydrogen (secondary N) is 1. The van der Waals surface area contributed by atoms with Crippen molar-refractivity contribution < 1.29 is 14.7 Å². The molecule has 0 saturated heterocycles. The lowest BCUT2D eigenvalue weighted by molar-refractivity contribution is -0.141. The highest BCUT2D eigenvalue weighted by atomic mass is 16.4. The van der Waals surface area contributed by atoms with E-state index in [-0.39, 0.29) is 17.7 Å². The number of amides is 1. The normalized spacial score (nSPS) is 22.0. The third-order valence-electron chi connectivity index (χ3n) is 4.97. The van der Waals surface area contributed by atoms with Crippen molar-refractivity contribution in [3.63, 3.8) is 0 Å². The van der Waals surface area contributed by atoms with E-state index in [0.717, 1.165) is 6.42 Å². The Balaban J connectivity index is 1.84. The molecule has 0 aromatic heterocycles. The topological polar surface area (TPSA) is 66.4 Å². The quantitative estimate of drug-likeness (QED) is 0.812. The van der Waals surface area contributed by atoms with E-state index in [2.05, 4.69) is 31.3 Å². The zero-order chi connectivity index (χ0) is 16.8. The summed E-state index contributed by atoms with van der Waals surface area (Å²) >= 11 is 0. The lowest BCUT2D eigenvalue weighted by atomic mass is 9.89. The fourth-order valence-electron chi connectivity index (χ4n) is 3.28. The van der Waals surface area contributed by atoms with Gasteiger partial charge >= 0.3 is 5.97 Å². The number of aliphatic carboxylic acids is 1. The van der Waals surface area contributed by atoms with Crippen molar-refractivity contribution in [2.24, 2.45) is 23.7 Å². The van der Waals surface area contributed by atoms with Crippen LogP contribution in [0.5, 0.6) is 0 Å². The van der Waals surface area contributed by atoms with Crippen LogP contribution in [0, 0.1) is 23.7 Å². The highest BCUT2D eigenvalue weighted by Crippen LogP contribution is 2.31. The van der Waals surface area contributed by atoms with Gasteiger partial charge in [-0.2, -0.15) is 0 Å². The van der Waals surface area contributed by atoms with Gasteiger partial charge in [-0.25, -0.2) is 0 Å². The molecule has 1 aliphatic rings. The molecule has 3 atom stereocenters. The summed E-state index contributed by atoms with van der Waals surface area (Å²) in [6.45, 7) is 5.01. The van der Waals surface area contributed by atoms with Crippen LogP contribution in [-0.2, 0) is 16.0 Å². The van der Waals surface area contributed by atoms with Crippen LogP contribution >= 0.6 is 0 Å². The molecule has 2 N–H and O–H groups in total. The highest BCUT2D eigenvalue weighted by molar-refractivity contribution is 5.80. The minimum absolute atomic E-state index is 0.0208. The van der Waals surface area contributed by atoms with E-state index in [1.165, 1.54) is 5.56 Å². The number of carbonyl (C=O) groups is 2.